The van der Waals surface area contributed by atoms with Gasteiger partial charge >= 0.3 is 0 Å². The van der Waals surface area contributed by atoms with Gasteiger partial charge in [0.15, 0.2) is 0 Å². The van der Waals surface area contributed by atoms with Crippen molar-refractivity contribution in [3.63, 3.8) is 0 Å². The molecule has 166 valence electrons. The maximum atomic E-state index is 13.1. The molecule has 0 bridgehead atoms. The third-order valence-corrected chi connectivity index (χ3v) is 5.62. The first-order valence-electron chi connectivity index (χ1n) is 10.8. The van der Waals surface area contributed by atoms with Crippen molar-refractivity contribution in [3.05, 3.63) is 83.2 Å². The highest BCUT2D eigenvalue weighted by Crippen LogP contribution is 2.28. The third-order valence-electron chi connectivity index (χ3n) is 5.62. The molecule has 2 N–H and O–H groups in total. The van der Waals surface area contributed by atoms with Crippen molar-refractivity contribution in [1.82, 2.24) is 10.3 Å². The van der Waals surface area contributed by atoms with E-state index >= 15 is 0 Å². The summed E-state index contributed by atoms with van der Waals surface area (Å²) in [6.45, 7) is 6.45. The molecular weight excluding hydrogens is 404 g/mol. The number of pyridine rings is 1. The second kappa shape index (κ2) is 9.51. The summed E-state index contributed by atoms with van der Waals surface area (Å²) in [5.74, 6) is 0.313. The Morgan fingerprint density at radius 2 is 1.88 bits per heavy atom. The van der Waals surface area contributed by atoms with Gasteiger partial charge in [0.1, 0.15) is 18.0 Å². The smallest absolute Gasteiger partial charge is 0.251 e. The molecule has 2 aromatic carbocycles. The van der Waals surface area contributed by atoms with E-state index in [4.69, 9.17) is 9.47 Å². The number of hydrogen-bond acceptors (Lipinski definition) is 5. The Bertz CT molecular complexity index is 1080. The molecule has 1 aromatic heterocycles. The lowest BCUT2D eigenvalue weighted by Crippen LogP contribution is -2.30. The molecule has 2 heterocycles. The number of nitrogens with one attached hydrogen (secondary N) is 1. The van der Waals surface area contributed by atoms with Gasteiger partial charge in [0.2, 0.25) is 0 Å². The normalized spacial score (nSPS) is 18.9. The number of carbonyl (C=O) groups is 1. The molecule has 1 saturated heterocycles. The Labute approximate surface area is 188 Å². The van der Waals surface area contributed by atoms with Gasteiger partial charge in [-0.3, -0.25) is 9.78 Å². The topological polar surface area (TPSA) is 80.7 Å². The monoisotopic (exact) mass is 432 g/mol. The first kappa shape index (κ1) is 22.0. The zero-order chi connectivity index (χ0) is 22.7. The van der Waals surface area contributed by atoms with Gasteiger partial charge in [-0.2, -0.15) is 0 Å². The lowest BCUT2D eigenvalue weighted by atomic mass is 10.0. The number of ether oxygens (including phenoxy) is 2. The summed E-state index contributed by atoms with van der Waals surface area (Å²) in [7, 11) is 0. The van der Waals surface area contributed by atoms with Crippen molar-refractivity contribution in [2.75, 3.05) is 13.2 Å². The largest absolute Gasteiger partial charge is 0.485 e. The number of amides is 1. The van der Waals surface area contributed by atoms with Gasteiger partial charge in [0.05, 0.1) is 19.3 Å². The number of benzene rings is 2. The van der Waals surface area contributed by atoms with Gasteiger partial charge in [-0.25, -0.2) is 0 Å². The quantitative estimate of drug-likeness (QED) is 0.616. The Kier molecular flexibility index (Phi) is 6.53. The minimum Gasteiger partial charge on any atom is -0.485 e. The number of carbonyl (C=O) groups excluding carboxylic acids is 1. The number of hydrogen-bond donors (Lipinski definition) is 2. The van der Waals surface area contributed by atoms with Crippen LogP contribution < -0.4 is 10.1 Å². The van der Waals surface area contributed by atoms with Crippen LogP contribution in [-0.4, -0.2) is 41.4 Å². The second-order valence-corrected chi connectivity index (χ2v) is 8.30. The molecule has 6 heteroatoms. The van der Waals surface area contributed by atoms with Crippen LogP contribution in [0.3, 0.4) is 0 Å². The zero-order valence-corrected chi connectivity index (χ0v) is 18.5. The minimum atomic E-state index is -0.690. The van der Waals surface area contributed by atoms with Crippen molar-refractivity contribution >= 4 is 5.91 Å². The van der Waals surface area contributed by atoms with Crippen molar-refractivity contribution in [1.29, 1.82) is 0 Å². The summed E-state index contributed by atoms with van der Waals surface area (Å²) in [4.78, 5) is 17.4. The van der Waals surface area contributed by atoms with Crippen LogP contribution in [0.4, 0.5) is 0 Å². The summed E-state index contributed by atoms with van der Waals surface area (Å²) >= 11 is 0. The van der Waals surface area contributed by atoms with Gasteiger partial charge in [0, 0.05) is 17.5 Å². The number of aryl methyl sites for hydroxylation is 2. The maximum absolute atomic E-state index is 13.1. The number of aliphatic hydroxyl groups excluding tert-OH is 1. The molecule has 6 nitrogen and oxygen atoms in total. The number of aromatic nitrogens is 1. The Hall–Kier alpha value is -3.22. The van der Waals surface area contributed by atoms with Crippen LogP contribution >= 0.6 is 0 Å². The molecule has 0 radical (unpaired) electrons. The van der Waals surface area contributed by atoms with E-state index in [1.165, 1.54) is 0 Å². The molecule has 0 spiro atoms. The number of nitrogens with zero attached hydrogens (tertiary/aromatic N) is 1. The van der Waals surface area contributed by atoms with Gasteiger partial charge in [-0.15, -0.1) is 0 Å². The van der Waals surface area contributed by atoms with Crippen molar-refractivity contribution < 1.29 is 19.4 Å². The molecule has 0 saturated carbocycles. The predicted octanol–water partition coefficient (Wildman–Crippen LogP) is 3.99. The van der Waals surface area contributed by atoms with Crippen LogP contribution in [0.5, 0.6) is 5.75 Å². The van der Waals surface area contributed by atoms with Crippen LogP contribution in [0.2, 0.25) is 0 Å². The molecule has 4 rings (SSSR count). The van der Waals surface area contributed by atoms with Crippen LogP contribution in [0.1, 0.15) is 40.1 Å². The summed E-state index contributed by atoms with van der Waals surface area (Å²) in [6.07, 6.45) is 0.625. The van der Waals surface area contributed by atoms with Crippen LogP contribution in [0.15, 0.2) is 60.8 Å². The highest BCUT2D eigenvalue weighted by atomic mass is 16.6. The first-order valence-corrected chi connectivity index (χ1v) is 10.8. The molecule has 1 aliphatic heterocycles. The second-order valence-electron chi connectivity index (χ2n) is 8.30. The maximum Gasteiger partial charge on any atom is 0.251 e. The fourth-order valence-electron chi connectivity index (χ4n) is 3.62. The molecule has 32 heavy (non-hydrogen) atoms. The number of aliphatic hydroxyl groups is 1. The fraction of sp³-hybridized carbons (Fsp3) is 0.308. The average molecular weight is 433 g/mol. The van der Waals surface area contributed by atoms with E-state index < -0.39 is 12.2 Å². The highest BCUT2D eigenvalue weighted by Gasteiger charge is 2.28. The molecule has 2 unspecified atom stereocenters. The van der Waals surface area contributed by atoms with Crippen LogP contribution in [0.25, 0.3) is 11.1 Å². The summed E-state index contributed by atoms with van der Waals surface area (Å²) < 4.78 is 11.3. The molecule has 1 aliphatic rings. The Morgan fingerprint density at radius 3 is 2.53 bits per heavy atom. The molecule has 1 fully saturated rings. The molecular formula is C26H28N2O4. The fourth-order valence-corrected chi connectivity index (χ4v) is 3.62. The van der Waals surface area contributed by atoms with Gasteiger partial charge in [0.25, 0.3) is 5.91 Å². The van der Waals surface area contributed by atoms with E-state index in [0.29, 0.717) is 17.9 Å². The molecule has 3 aromatic rings. The highest BCUT2D eigenvalue weighted by molar-refractivity contribution is 5.96. The summed E-state index contributed by atoms with van der Waals surface area (Å²) in [5, 5.41) is 13.1. The molecule has 3 atom stereocenters. The SMILES string of the molecule is Cc1ccc(-c2cc(OC3COCC3O)cc(C(=O)N[C@H](C)c3ccc(C)nc3)c2)cc1. The lowest BCUT2D eigenvalue weighted by Gasteiger charge is -2.18. The predicted molar refractivity (Wildman–Crippen MR) is 123 cm³/mol. The van der Waals surface area contributed by atoms with E-state index in [9.17, 15) is 9.90 Å². The zero-order valence-electron chi connectivity index (χ0n) is 18.5. The number of rotatable bonds is 6. The van der Waals surface area contributed by atoms with E-state index in [0.717, 1.165) is 27.9 Å². The molecule has 0 aliphatic carbocycles. The van der Waals surface area contributed by atoms with Crippen LogP contribution in [-0.2, 0) is 4.74 Å². The van der Waals surface area contributed by atoms with Crippen LogP contribution in [0, 0.1) is 13.8 Å². The van der Waals surface area contributed by atoms with E-state index in [1.54, 1.807) is 12.3 Å². The van der Waals surface area contributed by atoms with Crippen molar-refractivity contribution in [3.8, 4) is 16.9 Å². The van der Waals surface area contributed by atoms with E-state index in [1.807, 2.05) is 69.3 Å². The van der Waals surface area contributed by atoms with E-state index in [2.05, 4.69) is 10.3 Å². The average Bonchev–Trinajstić information content (AvgIpc) is 3.18. The Balaban J connectivity index is 1.62. The summed E-state index contributed by atoms with van der Waals surface area (Å²) in [6, 6.07) is 17.2. The van der Waals surface area contributed by atoms with Crippen molar-refractivity contribution in [2.45, 2.75) is 39.0 Å². The molecule has 1 amide bonds. The van der Waals surface area contributed by atoms with Gasteiger partial charge < -0.3 is 19.9 Å². The van der Waals surface area contributed by atoms with E-state index in [-0.39, 0.29) is 18.6 Å². The van der Waals surface area contributed by atoms with Crippen molar-refractivity contribution in [2.24, 2.45) is 0 Å². The van der Waals surface area contributed by atoms with Gasteiger partial charge in [-0.1, -0.05) is 35.9 Å². The standard InChI is InChI=1S/C26H28N2O4/c1-16-4-7-19(8-5-16)21-10-22(12-23(11-21)32-25-15-31-14-24(25)29)26(30)28-18(3)20-9-6-17(2)27-13-20/h4-13,18,24-25,29H,14-15H2,1-3H3,(H,28,30)/t18-,24?,25?/m1/s1. The third kappa shape index (κ3) is 5.15. The lowest BCUT2D eigenvalue weighted by molar-refractivity contribution is 0.0732. The summed E-state index contributed by atoms with van der Waals surface area (Å²) in [5.41, 5.74) is 5.35. The first-order chi connectivity index (χ1) is 15.4. The minimum absolute atomic E-state index is 0.201. The van der Waals surface area contributed by atoms with Gasteiger partial charge in [-0.05, 0) is 61.7 Å². The Morgan fingerprint density at radius 1 is 1.09 bits per heavy atom.